The van der Waals surface area contributed by atoms with Gasteiger partial charge >= 0.3 is 0 Å². The van der Waals surface area contributed by atoms with Crippen LogP contribution in [-0.4, -0.2) is 19.9 Å². The third-order valence-electron chi connectivity index (χ3n) is 2.53. The van der Waals surface area contributed by atoms with Crippen LogP contribution in [-0.2, 0) is 0 Å². The highest BCUT2D eigenvalue weighted by molar-refractivity contribution is 6.30. The first-order valence-electron chi connectivity index (χ1n) is 5.69. The first-order valence-corrected chi connectivity index (χ1v) is 6.07. The monoisotopic (exact) mass is 268 g/mol. The van der Waals surface area contributed by atoms with Gasteiger partial charge in [-0.3, -0.25) is 9.97 Å². The van der Waals surface area contributed by atoms with E-state index in [1.54, 1.807) is 36.8 Å². The van der Waals surface area contributed by atoms with E-state index in [1.165, 1.54) is 0 Å². The molecule has 0 spiro atoms. The van der Waals surface area contributed by atoms with Crippen LogP contribution in [0.15, 0.2) is 55.0 Å². The Morgan fingerprint density at radius 2 is 1.58 bits per heavy atom. The maximum absolute atomic E-state index is 5.96. The first-order chi connectivity index (χ1) is 9.33. The molecule has 92 valence electrons. The number of hydrogen-bond acceptors (Lipinski definition) is 4. The van der Waals surface area contributed by atoms with E-state index >= 15 is 0 Å². The lowest BCUT2D eigenvalue weighted by atomic mass is 10.2. The summed E-state index contributed by atoms with van der Waals surface area (Å²) < 4.78 is 0. The van der Waals surface area contributed by atoms with E-state index in [9.17, 15) is 0 Å². The first kappa shape index (κ1) is 11.7. The second-order valence-electron chi connectivity index (χ2n) is 3.84. The van der Waals surface area contributed by atoms with Crippen LogP contribution < -0.4 is 0 Å². The summed E-state index contributed by atoms with van der Waals surface area (Å²) in [4.78, 5) is 17.2. The average molecular weight is 269 g/mol. The summed E-state index contributed by atoms with van der Waals surface area (Å²) in [7, 11) is 0. The Morgan fingerprint density at radius 3 is 2.37 bits per heavy atom. The second-order valence-corrected chi connectivity index (χ2v) is 4.28. The molecule has 0 amide bonds. The van der Waals surface area contributed by atoms with Crippen molar-refractivity contribution in [3.63, 3.8) is 0 Å². The molecule has 0 atom stereocenters. The maximum atomic E-state index is 5.96. The van der Waals surface area contributed by atoms with Gasteiger partial charge in [-0.2, -0.15) is 0 Å². The van der Waals surface area contributed by atoms with E-state index in [0.29, 0.717) is 16.5 Å². The molecule has 4 nitrogen and oxygen atoms in total. The lowest BCUT2D eigenvalue weighted by molar-refractivity contribution is 1.13. The van der Waals surface area contributed by atoms with E-state index < -0.39 is 0 Å². The fraction of sp³-hybridized carbons (Fsp3) is 0. The summed E-state index contributed by atoms with van der Waals surface area (Å²) >= 11 is 5.96. The van der Waals surface area contributed by atoms with Crippen LogP contribution in [0.5, 0.6) is 0 Å². The normalized spacial score (nSPS) is 10.4. The van der Waals surface area contributed by atoms with E-state index in [0.717, 1.165) is 11.4 Å². The van der Waals surface area contributed by atoms with E-state index in [4.69, 9.17) is 11.6 Å². The highest BCUT2D eigenvalue weighted by Crippen LogP contribution is 2.20. The number of pyridine rings is 2. The van der Waals surface area contributed by atoms with Crippen LogP contribution >= 0.6 is 11.6 Å². The lowest BCUT2D eigenvalue weighted by Crippen LogP contribution is -1.94. The summed E-state index contributed by atoms with van der Waals surface area (Å²) in [6.07, 6.45) is 5.05. The number of rotatable bonds is 2. The minimum absolute atomic E-state index is 0.569. The van der Waals surface area contributed by atoms with E-state index in [-0.39, 0.29) is 0 Å². The molecule has 0 aliphatic heterocycles. The highest BCUT2D eigenvalue weighted by Gasteiger charge is 2.06. The molecular formula is C14H9ClN4. The van der Waals surface area contributed by atoms with Crippen molar-refractivity contribution in [2.45, 2.75) is 0 Å². The van der Waals surface area contributed by atoms with Crippen molar-refractivity contribution >= 4 is 11.6 Å². The highest BCUT2D eigenvalue weighted by atomic mass is 35.5. The third-order valence-corrected chi connectivity index (χ3v) is 2.77. The van der Waals surface area contributed by atoms with Crippen molar-refractivity contribution in [1.82, 2.24) is 19.9 Å². The summed E-state index contributed by atoms with van der Waals surface area (Å²) in [5, 5.41) is 0.628. The third kappa shape index (κ3) is 2.58. The van der Waals surface area contributed by atoms with Crippen LogP contribution in [0.4, 0.5) is 0 Å². The number of hydrogen-bond donors (Lipinski definition) is 0. The number of nitrogens with zero attached hydrogens (tertiary/aromatic N) is 4. The van der Waals surface area contributed by atoms with Crippen molar-refractivity contribution in [3.05, 3.63) is 60.0 Å². The molecule has 0 aliphatic carbocycles. The Morgan fingerprint density at radius 1 is 0.737 bits per heavy atom. The molecule has 5 heteroatoms. The molecule has 0 aromatic carbocycles. The van der Waals surface area contributed by atoms with Crippen LogP contribution in [0.25, 0.3) is 22.9 Å². The predicted octanol–water partition coefficient (Wildman–Crippen LogP) is 3.25. The summed E-state index contributed by atoms with van der Waals surface area (Å²) in [5.41, 5.74) is 2.16. The Labute approximate surface area is 115 Å². The van der Waals surface area contributed by atoms with Gasteiger partial charge in [0.1, 0.15) is 5.69 Å². The second kappa shape index (κ2) is 5.12. The van der Waals surface area contributed by atoms with Crippen molar-refractivity contribution < 1.29 is 0 Å². The minimum Gasteiger partial charge on any atom is -0.255 e. The van der Waals surface area contributed by atoms with Gasteiger partial charge in [-0.25, -0.2) is 9.97 Å². The van der Waals surface area contributed by atoms with Gasteiger partial charge in [0.2, 0.25) is 0 Å². The largest absolute Gasteiger partial charge is 0.255 e. The topological polar surface area (TPSA) is 51.6 Å². The smallest absolute Gasteiger partial charge is 0.178 e. The molecule has 3 heterocycles. The molecule has 0 N–H and O–H groups in total. The molecule has 3 aromatic rings. The Hall–Kier alpha value is -2.33. The summed E-state index contributed by atoms with van der Waals surface area (Å²) in [5.74, 6) is 0.569. The maximum Gasteiger partial charge on any atom is 0.178 e. The Kier molecular flexibility index (Phi) is 3.16. The Bertz CT molecular complexity index is 701. The standard InChI is InChI=1S/C14H9ClN4/c15-10-4-7-17-13(9-10)11-5-8-18-14(19-11)12-3-1-2-6-16-12/h1-9H. The van der Waals surface area contributed by atoms with Crippen molar-refractivity contribution in [1.29, 1.82) is 0 Å². The molecule has 3 aromatic heterocycles. The molecule has 0 unspecified atom stereocenters. The SMILES string of the molecule is Clc1ccnc(-c2ccnc(-c3ccccn3)n2)c1. The van der Waals surface area contributed by atoms with Gasteiger partial charge in [-0.05, 0) is 30.3 Å². The summed E-state index contributed by atoms with van der Waals surface area (Å²) in [6, 6.07) is 10.9. The quantitative estimate of drug-likeness (QED) is 0.716. The van der Waals surface area contributed by atoms with Gasteiger partial charge in [0, 0.05) is 23.6 Å². The van der Waals surface area contributed by atoms with Crippen molar-refractivity contribution in [3.8, 4) is 22.9 Å². The average Bonchev–Trinajstić information content (AvgIpc) is 2.48. The molecule has 0 saturated heterocycles. The molecule has 3 rings (SSSR count). The van der Waals surface area contributed by atoms with Crippen LogP contribution in [0.3, 0.4) is 0 Å². The lowest BCUT2D eigenvalue weighted by Gasteiger charge is -2.03. The van der Waals surface area contributed by atoms with Crippen molar-refractivity contribution in [2.75, 3.05) is 0 Å². The van der Waals surface area contributed by atoms with Gasteiger partial charge < -0.3 is 0 Å². The van der Waals surface area contributed by atoms with Crippen LogP contribution in [0.1, 0.15) is 0 Å². The van der Waals surface area contributed by atoms with E-state index in [1.807, 2.05) is 18.2 Å². The molecule has 0 saturated carbocycles. The zero-order chi connectivity index (χ0) is 13.1. The zero-order valence-corrected chi connectivity index (χ0v) is 10.6. The molecule has 0 radical (unpaired) electrons. The molecule has 0 bridgehead atoms. The van der Waals surface area contributed by atoms with Gasteiger partial charge in [-0.15, -0.1) is 0 Å². The summed E-state index contributed by atoms with van der Waals surface area (Å²) in [6.45, 7) is 0. The van der Waals surface area contributed by atoms with Gasteiger partial charge in [-0.1, -0.05) is 17.7 Å². The predicted molar refractivity (Wildman–Crippen MR) is 73.5 cm³/mol. The number of aromatic nitrogens is 4. The molecule has 19 heavy (non-hydrogen) atoms. The van der Waals surface area contributed by atoms with Gasteiger partial charge in [0.25, 0.3) is 0 Å². The van der Waals surface area contributed by atoms with Gasteiger partial charge in [0.15, 0.2) is 5.82 Å². The van der Waals surface area contributed by atoms with Crippen molar-refractivity contribution in [2.24, 2.45) is 0 Å². The molecule has 0 fully saturated rings. The molecular weight excluding hydrogens is 260 g/mol. The molecule has 0 aliphatic rings. The zero-order valence-electron chi connectivity index (χ0n) is 9.86. The minimum atomic E-state index is 0.569. The fourth-order valence-electron chi connectivity index (χ4n) is 1.66. The fourth-order valence-corrected chi connectivity index (χ4v) is 1.82. The van der Waals surface area contributed by atoms with Crippen LogP contribution in [0, 0.1) is 0 Å². The Balaban J connectivity index is 2.06. The van der Waals surface area contributed by atoms with E-state index in [2.05, 4.69) is 19.9 Å². The van der Waals surface area contributed by atoms with Gasteiger partial charge in [0.05, 0.1) is 11.4 Å². The number of halogens is 1. The van der Waals surface area contributed by atoms with Crippen LogP contribution in [0.2, 0.25) is 5.02 Å².